The van der Waals surface area contributed by atoms with Crippen LogP contribution in [0.15, 0.2) is 16.8 Å². The highest BCUT2D eigenvalue weighted by Gasteiger charge is 2.57. The van der Waals surface area contributed by atoms with Crippen molar-refractivity contribution in [3.63, 3.8) is 0 Å². The molecule has 4 aliphatic carbocycles. The van der Waals surface area contributed by atoms with Gasteiger partial charge in [0.25, 0.3) is 0 Å². The predicted octanol–water partition coefficient (Wildman–Crippen LogP) is 3.65. The minimum atomic E-state index is -0.965. The lowest BCUT2D eigenvalue weighted by Crippen LogP contribution is -2.50. The highest BCUT2D eigenvalue weighted by atomic mass is 16.4. The molecule has 0 aliphatic heterocycles. The normalized spacial score (nSPS) is 42.4. The topological polar surface area (TPSA) is 99.0 Å². The Labute approximate surface area is 172 Å². The van der Waals surface area contributed by atoms with Crippen molar-refractivity contribution in [1.29, 1.82) is 0 Å². The number of rotatable bonds is 4. The molecule has 1 amide bonds. The average molecular weight is 403 g/mol. The van der Waals surface area contributed by atoms with Crippen LogP contribution in [0.3, 0.4) is 0 Å². The number of carboxylic acids is 1. The Morgan fingerprint density at radius 2 is 1.86 bits per heavy atom. The molecule has 0 heterocycles. The van der Waals surface area contributed by atoms with Gasteiger partial charge < -0.3 is 10.2 Å². The van der Waals surface area contributed by atoms with Gasteiger partial charge in [-0.15, -0.1) is 0 Å². The molecule has 0 aromatic carbocycles. The quantitative estimate of drug-likeness (QED) is 0.494. The van der Waals surface area contributed by atoms with Gasteiger partial charge in [-0.2, -0.15) is 5.10 Å². The van der Waals surface area contributed by atoms with Crippen LogP contribution < -0.4 is 5.43 Å². The van der Waals surface area contributed by atoms with Gasteiger partial charge in [0.1, 0.15) is 0 Å². The minimum Gasteiger partial charge on any atom is -0.481 e. The van der Waals surface area contributed by atoms with Crippen molar-refractivity contribution in [3.8, 4) is 0 Å². The molecule has 0 aromatic rings. The Hall–Kier alpha value is -1.69. The van der Waals surface area contributed by atoms with Gasteiger partial charge in [0, 0.05) is 17.5 Å². The van der Waals surface area contributed by atoms with Gasteiger partial charge in [-0.3, -0.25) is 9.59 Å². The van der Waals surface area contributed by atoms with E-state index >= 15 is 0 Å². The summed E-state index contributed by atoms with van der Waals surface area (Å²) >= 11 is 0. The monoisotopic (exact) mass is 402 g/mol. The van der Waals surface area contributed by atoms with Crippen LogP contribution in [-0.2, 0) is 9.59 Å². The molecule has 4 aliphatic rings. The van der Waals surface area contributed by atoms with Crippen molar-refractivity contribution < 1.29 is 19.8 Å². The zero-order valence-corrected chi connectivity index (χ0v) is 17.6. The third-order valence-electron chi connectivity index (χ3n) is 8.70. The van der Waals surface area contributed by atoms with Gasteiger partial charge in [-0.05, 0) is 74.5 Å². The third kappa shape index (κ3) is 3.54. The van der Waals surface area contributed by atoms with Crippen LogP contribution in [0.2, 0.25) is 0 Å². The first-order valence-electron chi connectivity index (χ1n) is 11.2. The van der Waals surface area contributed by atoms with Gasteiger partial charge in [-0.25, -0.2) is 5.43 Å². The van der Waals surface area contributed by atoms with Crippen molar-refractivity contribution >= 4 is 17.6 Å². The highest BCUT2D eigenvalue weighted by Crippen LogP contribution is 2.64. The fraction of sp³-hybridized carbons (Fsp3) is 0.783. The fourth-order valence-corrected chi connectivity index (χ4v) is 7.02. The number of carbonyl (C=O) groups is 2. The zero-order chi connectivity index (χ0) is 20.8. The maximum absolute atomic E-state index is 11.9. The van der Waals surface area contributed by atoms with E-state index in [1.54, 1.807) is 0 Å². The summed E-state index contributed by atoms with van der Waals surface area (Å²) in [6, 6.07) is 0. The molecular formula is C23H34N2O4. The van der Waals surface area contributed by atoms with Gasteiger partial charge in [0.15, 0.2) is 0 Å². The Balaban J connectivity index is 1.49. The standard InChI is InChI=1S/C23H34N2O4/c1-22-11-9-15(26)13-14(22)3-4-16-17-5-6-19(23(17,2)12-10-18(16)22)24-25-20(27)7-8-21(28)29/h3,15-18,26H,4-13H2,1-2H3,(H,25,27)(H,28,29)/b24-19-/t15-,16-,17-,18-,22+,23-/m1/s1. The SMILES string of the molecule is C[C@]12CC[C@@H](O)CC1=CC[C@H]1[C@H]2CC[C@@]2(C)/C(=N\NC(=O)CCC(=O)O)CC[C@H]12. The first kappa shape index (κ1) is 20.6. The first-order valence-corrected chi connectivity index (χ1v) is 11.2. The minimum absolute atomic E-state index is 0.0249. The molecule has 6 heteroatoms. The summed E-state index contributed by atoms with van der Waals surface area (Å²) in [5.41, 5.74) is 5.44. The third-order valence-corrected chi connectivity index (χ3v) is 8.70. The Kier molecular flexibility index (Phi) is 5.34. The van der Waals surface area contributed by atoms with Crippen LogP contribution in [0.25, 0.3) is 0 Å². The van der Waals surface area contributed by atoms with Crippen LogP contribution in [0.5, 0.6) is 0 Å². The molecule has 3 fully saturated rings. The largest absolute Gasteiger partial charge is 0.481 e. The summed E-state index contributed by atoms with van der Waals surface area (Å²) in [5.74, 6) is 0.620. The summed E-state index contributed by atoms with van der Waals surface area (Å²) in [7, 11) is 0. The molecule has 0 saturated heterocycles. The van der Waals surface area contributed by atoms with E-state index in [9.17, 15) is 14.7 Å². The van der Waals surface area contributed by atoms with Crippen molar-refractivity contribution in [2.45, 2.75) is 84.2 Å². The number of fused-ring (bicyclic) bond motifs is 5. The summed E-state index contributed by atoms with van der Waals surface area (Å²) in [6.45, 7) is 4.74. The van der Waals surface area contributed by atoms with Crippen LogP contribution in [0.1, 0.15) is 78.1 Å². The number of carboxylic acid groups (broad SMARTS) is 1. The zero-order valence-electron chi connectivity index (χ0n) is 17.6. The molecule has 29 heavy (non-hydrogen) atoms. The molecule has 6 nitrogen and oxygen atoms in total. The van der Waals surface area contributed by atoms with E-state index in [1.807, 2.05) is 0 Å². The van der Waals surface area contributed by atoms with Crippen LogP contribution in [-0.4, -0.2) is 33.9 Å². The molecule has 0 aromatic heterocycles. The fourth-order valence-electron chi connectivity index (χ4n) is 7.02. The van der Waals surface area contributed by atoms with E-state index in [0.29, 0.717) is 17.8 Å². The number of nitrogens with one attached hydrogen (secondary N) is 1. The number of carbonyl (C=O) groups excluding carboxylic acids is 1. The molecule has 0 unspecified atom stereocenters. The lowest BCUT2D eigenvalue weighted by Gasteiger charge is -2.57. The van der Waals surface area contributed by atoms with Gasteiger partial charge >= 0.3 is 5.97 Å². The number of aliphatic hydroxyl groups excluding tert-OH is 1. The Bertz CT molecular complexity index is 760. The number of hydrazone groups is 1. The molecule has 160 valence electrons. The van der Waals surface area contributed by atoms with Gasteiger partial charge in [0.2, 0.25) is 5.91 Å². The summed E-state index contributed by atoms with van der Waals surface area (Å²) in [4.78, 5) is 22.6. The van der Waals surface area contributed by atoms with Crippen molar-refractivity contribution in [3.05, 3.63) is 11.6 Å². The van der Waals surface area contributed by atoms with Crippen LogP contribution >= 0.6 is 0 Å². The van der Waals surface area contributed by atoms with E-state index in [1.165, 1.54) is 12.0 Å². The molecule has 6 atom stereocenters. The Morgan fingerprint density at radius 1 is 1.14 bits per heavy atom. The van der Waals surface area contributed by atoms with E-state index in [2.05, 4.69) is 30.5 Å². The van der Waals surface area contributed by atoms with Gasteiger partial charge in [-0.1, -0.05) is 25.5 Å². The summed E-state index contributed by atoms with van der Waals surface area (Å²) in [5, 5.41) is 23.3. The summed E-state index contributed by atoms with van der Waals surface area (Å²) in [6.07, 6.45) is 10.3. The number of hydrogen-bond donors (Lipinski definition) is 3. The lowest BCUT2D eigenvalue weighted by atomic mass is 9.48. The second-order valence-corrected chi connectivity index (χ2v) is 10.1. The molecule has 4 rings (SSSR count). The van der Waals surface area contributed by atoms with E-state index in [4.69, 9.17) is 5.11 Å². The molecule has 0 radical (unpaired) electrons. The number of aliphatic hydroxyl groups is 1. The highest BCUT2D eigenvalue weighted by molar-refractivity contribution is 5.93. The number of allylic oxidation sites excluding steroid dienone is 1. The predicted molar refractivity (Wildman–Crippen MR) is 110 cm³/mol. The summed E-state index contributed by atoms with van der Waals surface area (Å²) < 4.78 is 0. The van der Waals surface area contributed by atoms with Crippen LogP contribution in [0, 0.1) is 28.6 Å². The molecule has 3 saturated carbocycles. The number of aliphatic carboxylic acids is 1. The maximum atomic E-state index is 11.9. The Morgan fingerprint density at radius 3 is 2.62 bits per heavy atom. The number of nitrogens with zero attached hydrogens (tertiary/aromatic N) is 1. The average Bonchev–Trinajstić information content (AvgIpc) is 3.01. The second-order valence-electron chi connectivity index (χ2n) is 10.1. The van der Waals surface area contributed by atoms with E-state index in [0.717, 1.165) is 50.7 Å². The lowest BCUT2D eigenvalue weighted by molar-refractivity contribution is -0.138. The van der Waals surface area contributed by atoms with Crippen LogP contribution in [0.4, 0.5) is 0 Å². The van der Waals surface area contributed by atoms with E-state index < -0.39 is 5.97 Å². The van der Waals surface area contributed by atoms with Crippen molar-refractivity contribution in [2.24, 2.45) is 33.7 Å². The second kappa shape index (κ2) is 7.53. The van der Waals surface area contributed by atoms with Gasteiger partial charge in [0.05, 0.1) is 12.5 Å². The smallest absolute Gasteiger partial charge is 0.303 e. The number of hydrogen-bond acceptors (Lipinski definition) is 4. The molecular weight excluding hydrogens is 368 g/mol. The van der Waals surface area contributed by atoms with E-state index in [-0.39, 0.29) is 35.7 Å². The van der Waals surface area contributed by atoms with Crippen molar-refractivity contribution in [1.82, 2.24) is 5.43 Å². The first-order chi connectivity index (χ1) is 13.7. The molecule has 0 bridgehead atoms. The molecule has 3 N–H and O–H groups in total. The maximum Gasteiger partial charge on any atom is 0.303 e. The number of amides is 1. The molecule has 0 spiro atoms. The van der Waals surface area contributed by atoms with Crippen molar-refractivity contribution in [2.75, 3.05) is 0 Å².